The van der Waals surface area contributed by atoms with Gasteiger partial charge in [0.1, 0.15) is 23.0 Å². The third kappa shape index (κ3) is 4.17. The maximum Gasteiger partial charge on any atom is 0.299 e. The van der Waals surface area contributed by atoms with Crippen LogP contribution in [-0.2, 0) is 25.5 Å². The molecule has 7 heteroatoms. The van der Waals surface area contributed by atoms with Crippen LogP contribution in [0.1, 0.15) is 44.7 Å². The van der Waals surface area contributed by atoms with Gasteiger partial charge in [-0.25, -0.2) is 0 Å². The Labute approximate surface area is 190 Å². The maximum atomic E-state index is 13.0. The highest BCUT2D eigenvalue weighted by molar-refractivity contribution is 7.87. The average Bonchev–Trinajstić information content (AvgIpc) is 3.26. The fraction of sp³-hybridized carbons (Fsp3) is 0.440. The Morgan fingerprint density at radius 3 is 2.62 bits per heavy atom. The van der Waals surface area contributed by atoms with Crippen molar-refractivity contribution in [2.75, 3.05) is 18.6 Å². The molecular formula is C25H31NO5S. The van der Waals surface area contributed by atoms with E-state index in [2.05, 4.69) is 24.8 Å². The highest BCUT2D eigenvalue weighted by atomic mass is 32.2. The largest absolute Gasteiger partial charge is 0.497 e. The molecule has 4 rings (SSSR count). The molecule has 6 nitrogen and oxygen atoms in total. The van der Waals surface area contributed by atoms with Crippen molar-refractivity contribution < 1.29 is 22.1 Å². The molecular weight excluding hydrogens is 426 g/mol. The van der Waals surface area contributed by atoms with Gasteiger partial charge in [0.15, 0.2) is 0 Å². The van der Waals surface area contributed by atoms with Crippen LogP contribution in [0.4, 0.5) is 5.69 Å². The summed E-state index contributed by atoms with van der Waals surface area (Å²) >= 11 is 0. The molecule has 0 bridgehead atoms. The van der Waals surface area contributed by atoms with Crippen molar-refractivity contribution in [3.8, 4) is 5.75 Å². The second-order valence-electron chi connectivity index (χ2n) is 8.76. The van der Waals surface area contributed by atoms with E-state index in [-0.39, 0.29) is 23.8 Å². The minimum atomic E-state index is -3.85. The zero-order valence-electron chi connectivity index (χ0n) is 19.1. The van der Waals surface area contributed by atoms with Gasteiger partial charge in [-0.05, 0) is 49.6 Å². The first kappa shape index (κ1) is 22.8. The third-order valence-electron chi connectivity index (χ3n) is 6.21. The summed E-state index contributed by atoms with van der Waals surface area (Å²) < 4.78 is 42.9. The Morgan fingerprint density at radius 2 is 1.94 bits per heavy atom. The number of para-hydroxylation sites is 1. The third-order valence-corrected chi connectivity index (χ3v) is 7.56. The van der Waals surface area contributed by atoms with E-state index in [0.29, 0.717) is 18.5 Å². The van der Waals surface area contributed by atoms with Gasteiger partial charge in [-0.3, -0.25) is 4.18 Å². The van der Waals surface area contributed by atoms with Crippen molar-refractivity contribution in [2.45, 2.75) is 62.8 Å². The van der Waals surface area contributed by atoms with Gasteiger partial charge < -0.3 is 14.4 Å². The Balaban J connectivity index is 1.62. The summed E-state index contributed by atoms with van der Waals surface area (Å²) in [5.74, 6) is 0.812. The lowest BCUT2D eigenvalue weighted by atomic mass is 9.95. The Morgan fingerprint density at radius 1 is 1.19 bits per heavy atom. The van der Waals surface area contributed by atoms with E-state index in [4.69, 9.17) is 13.7 Å². The first-order valence-corrected chi connectivity index (χ1v) is 12.5. The van der Waals surface area contributed by atoms with Crippen LogP contribution in [0, 0.1) is 0 Å². The number of anilines is 1. The second-order valence-corrected chi connectivity index (χ2v) is 10.3. The van der Waals surface area contributed by atoms with Crippen LogP contribution in [0.15, 0.2) is 53.4 Å². The normalized spacial score (nSPS) is 21.7. The lowest BCUT2D eigenvalue weighted by Gasteiger charge is -2.35. The predicted molar refractivity (Wildman–Crippen MR) is 125 cm³/mol. The number of hydrogen-bond acceptors (Lipinski definition) is 6. The molecule has 2 aromatic carbocycles. The number of benzene rings is 2. The molecule has 2 unspecified atom stereocenters. The monoisotopic (exact) mass is 457 g/mol. The van der Waals surface area contributed by atoms with Crippen molar-refractivity contribution in [3.05, 3.63) is 59.7 Å². The van der Waals surface area contributed by atoms with Gasteiger partial charge in [0.2, 0.25) is 0 Å². The summed E-state index contributed by atoms with van der Waals surface area (Å²) in [7, 11) is -2.21. The van der Waals surface area contributed by atoms with Crippen LogP contribution in [0.5, 0.6) is 5.75 Å². The zero-order chi connectivity index (χ0) is 22.9. The lowest BCUT2D eigenvalue weighted by molar-refractivity contribution is 0.0652. The van der Waals surface area contributed by atoms with Crippen molar-refractivity contribution in [1.29, 1.82) is 0 Å². The number of ether oxygens (including phenoxy) is 2. The van der Waals surface area contributed by atoms with Crippen LogP contribution in [0.2, 0.25) is 0 Å². The SMILES string of the molecule is CCCCOS(=O)(=O)c1cccc2c1N1C(C2)OC(C=Cc2ccc(OC)cc2)C1(C)C. The number of rotatable bonds is 8. The van der Waals surface area contributed by atoms with Crippen molar-refractivity contribution in [1.82, 2.24) is 0 Å². The first-order chi connectivity index (χ1) is 15.3. The second kappa shape index (κ2) is 8.89. The van der Waals surface area contributed by atoms with E-state index in [1.54, 1.807) is 19.2 Å². The van der Waals surface area contributed by atoms with Crippen molar-refractivity contribution >= 4 is 21.9 Å². The molecule has 2 heterocycles. The summed E-state index contributed by atoms with van der Waals surface area (Å²) in [6, 6.07) is 13.2. The van der Waals surface area contributed by atoms with Crippen molar-refractivity contribution in [3.63, 3.8) is 0 Å². The highest BCUT2D eigenvalue weighted by Gasteiger charge is 2.52. The van der Waals surface area contributed by atoms with Gasteiger partial charge in [-0.1, -0.05) is 49.8 Å². The molecule has 1 saturated heterocycles. The fourth-order valence-corrected chi connectivity index (χ4v) is 5.62. The molecule has 2 aliphatic rings. The lowest BCUT2D eigenvalue weighted by Crippen LogP contribution is -2.46. The molecule has 1 fully saturated rings. The molecule has 32 heavy (non-hydrogen) atoms. The predicted octanol–water partition coefficient (Wildman–Crippen LogP) is 4.78. The highest BCUT2D eigenvalue weighted by Crippen LogP contribution is 2.48. The quantitative estimate of drug-likeness (QED) is 0.420. The van der Waals surface area contributed by atoms with E-state index in [0.717, 1.165) is 23.3 Å². The van der Waals surface area contributed by atoms with E-state index in [1.807, 2.05) is 43.3 Å². The van der Waals surface area contributed by atoms with Gasteiger partial charge in [-0.2, -0.15) is 8.42 Å². The van der Waals surface area contributed by atoms with Crippen LogP contribution in [-0.4, -0.2) is 40.0 Å². The van der Waals surface area contributed by atoms with E-state index >= 15 is 0 Å². The van der Waals surface area contributed by atoms with Crippen LogP contribution in [0.25, 0.3) is 6.08 Å². The number of fused-ring (bicyclic) bond motifs is 3. The molecule has 0 saturated carbocycles. The van der Waals surface area contributed by atoms with Crippen LogP contribution < -0.4 is 9.64 Å². The smallest absolute Gasteiger partial charge is 0.299 e. The number of hydrogen-bond donors (Lipinski definition) is 0. The standard InChI is InChI=1S/C25H31NO5S/c1-5-6-16-30-32(27,28)21-9-7-8-19-17-23-26(24(19)21)25(2,3)22(31-23)15-12-18-10-13-20(29-4)14-11-18/h7-15,22-23H,5-6,16-17H2,1-4H3. The maximum absolute atomic E-state index is 13.0. The summed E-state index contributed by atoms with van der Waals surface area (Å²) in [5.41, 5.74) is 2.29. The molecule has 2 atom stereocenters. The van der Waals surface area contributed by atoms with Crippen molar-refractivity contribution in [2.24, 2.45) is 0 Å². The summed E-state index contributed by atoms with van der Waals surface area (Å²) in [4.78, 5) is 2.34. The molecule has 2 aliphatic heterocycles. The first-order valence-electron chi connectivity index (χ1n) is 11.1. The molecule has 0 aliphatic carbocycles. The molecule has 172 valence electrons. The number of nitrogens with zero attached hydrogens (tertiary/aromatic N) is 1. The molecule has 0 radical (unpaired) electrons. The molecule has 0 spiro atoms. The average molecular weight is 458 g/mol. The van der Waals surface area contributed by atoms with E-state index in [9.17, 15) is 8.42 Å². The van der Waals surface area contributed by atoms with Gasteiger partial charge in [0.05, 0.1) is 24.9 Å². The Bertz CT molecular complexity index is 1090. The number of methoxy groups -OCH3 is 1. The summed E-state index contributed by atoms with van der Waals surface area (Å²) in [6.45, 7) is 6.38. The molecule has 0 aromatic heterocycles. The van der Waals surface area contributed by atoms with Crippen LogP contribution in [0.3, 0.4) is 0 Å². The van der Waals surface area contributed by atoms with Gasteiger partial charge in [0.25, 0.3) is 10.1 Å². The zero-order valence-corrected chi connectivity index (χ0v) is 19.9. The van der Waals surface area contributed by atoms with Crippen LogP contribution >= 0.6 is 0 Å². The van der Waals surface area contributed by atoms with E-state index in [1.165, 1.54) is 0 Å². The Hall–Kier alpha value is -2.35. The molecule has 0 amide bonds. The molecule has 0 N–H and O–H groups in total. The minimum Gasteiger partial charge on any atom is -0.497 e. The summed E-state index contributed by atoms with van der Waals surface area (Å²) in [6.07, 6.45) is 5.90. The fourth-order valence-electron chi connectivity index (χ4n) is 4.44. The minimum absolute atomic E-state index is 0.193. The van der Waals surface area contributed by atoms with Gasteiger partial charge in [-0.15, -0.1) is 0 Å². The number of unbranched alkanes of at least 4 members (excludes halogenated alkanes) is 1. The van der Waals surface area contributed by atoms with Gasteiger partial charge in [0, 0.05) is 6.42 Å². The topological polar surface area (TPSA) is 65.1 Å². The van der Waals surface area contributed by atoms with E-state index < -0.39 is 15.7 Å². The Kier molecular flexibility index (Phi) is 6.34. The molecule has 2 aromatic rings. The van der Waals surface area contributed by atoms with Gasteiger partial charge >= 0.3 is 0 Å². The summed E-state index contributed by atoms with van der Waals surface area (Å²) in [5, 5.41) is 0.